The number of hydrogen-bond acceptors (Lipinski definition) is 5. The van der Waals surface area contributed by atoms with Crippen molar-refractivity contribution in [3.63, 3.8) is 0 Å². The van der Waals surface area contributed by atoms with Crippen LogP contribution in [0, 0.1) is 6.92 Å². The van der Waals surface area contributed by atoms with Crippen molar-refractivity contribution in [3.8, 4) is 0 Å². The summed E-state index contributed by atoms with van der Waals surface area (Å²) >= 11 is 0. The second-order valence-corrected chi connectivity index (χ2v) is 5.17. The molecule has 7 nitrogen and oxygen atoms in total. The lowest BCUT2D eigenvalue weighted by molar-refractivity contribution is -0.140. The van der Waals surface area contributed by atoms with Crippen molar-refractivity contribution < 1.29 is 17.9 Å². The van der Waals surface area contributed by atoms with E-state index in [9.17, 15) is 13.2 Å². The number of methoxy groups -OCH3 is 1. The highest BCUT2D eigenvalue weighted by atomic mass is 32.2. The summed E-state index contributed by atoms with van der Waals surface area (Å²) in [4.78, 5) is 10.9. The predicted molar refractivity (Wildman–Crippen MR) is 59.8 cm³/mol. The van der Waals surface area contributed by atoms with Gasteiger partial charge in [-0.15, -0.1) is 0 Å². The molecule has 1 aromatic heterocycles. The van der Waals surface area contributed by atoms with Gasteiger partial charge in [-0.2, -0.15) is 5.10 Å². The minimum absolute atomic E-state index is 0.121. The van der Waals surface area contributed by atoms with E-state index in [1.807, 2.05) is 0 Å². The van der Waals surface area contributed by atoms with Gasteiger partial charge in [0.15, 0.2) is 0 Å². The summed E-state index contributed by atoms with van der Waals surface area (Å²) in [5.41, 5.74) is 0.477. The number of aromatic nitrogens is 2. The van der Waals surface area contributed by atoms with Crippen molar-refractivity contribution >= 4 is 16.0 Å². The first-order valence-electron chi connectivity index (χ1n) is 5.04. The van der Waals surface area contributed by atoms with Crippen LogP contribution in [0.5, 0.6) is 0 Å². The Morgan fingerprint density at radius 2 is 2.29 bits per heavy atom. The molecule has 0 aliphatic heterocycles. The van der Waals surface area contributed by atoms with Crippen molar-refractivity contribution in [2.24, 2.45) is 0 Å². The number of rotatable bonds is 6. The summed E-state index contributed by atoms with van der Waals surface area (Å²) in [5.74, 6) is -0.358. The molecule has 0 radical (unpaired) electrons. The Balaban J connectivity index is 2.47. The maximum absolute atomic E-state index is 11.7. The third-order valence-corrected chi connectivity index (χ3v) is 3.73. The molecule has 0 amide bonds. The topological polar surface area (TPSA) is 101 Å². The third-order valence-electron chi connectivity index (χ3n) is 2.15. The van der Waals surface area contributed by atoms with Crippen LogP contribution in [0.1, 0.15) is 18.5 Å². The predicted octanol–water partition coefficient (Wildman–Crippen LogP) is -0.0504. The highest BCUT2D eigenvalue weighted by Gasteiger charge is 2.17. The summed E-state index contributed by atoms with van der Waals surface area (Å²) in [6, 6.07) is 0. The van der Waals surface area contributed by atoms with Crippen molar-refractivity contribution in [2.75, 3.05) is 13.7 Å². The van der Waals surface area contributed by atoms with Gasteiger partial charge in [-0.3, -0.25) is 9.89 Å². The van der Waals surface area contributed by atoms with E-state index < -0.39 is 10.0 Å². The number of aromatic amines is 1. The van der Waals surface area contributed by atoms with Crippen LogP contribution in [0.15, 0.2) is 11.1 Å². The zero-order chi connectivity index (χ0) is 12.9. The average molecular weight is 261 g/mol. The van der Waals surface area contributed by atoms with Crippen molar-refractivity contribution in [1.29, 1.82) is 0 Å². The highest BCUT2D eigenvalue weighted by molar-refractivity contribution is 7.89. The molecule has 0 fully saturated rings. The van der Waals surface area contributed by atoms with Crippen LogP contribution in [0.4, 0.5) is 0 Å². The number of esters is 1. The zero-order valence-corrected chi connectivity index (χ0v) is 10.5. The second kappa shape index (κ2) is 5.78. The van der Waals surface area contributed by atoms with E-state index >= 15 is 0 Å². The van der Waals surface area contributed by atoms with E-state index in [-0.39, 0.29) is 23.8 Å². The molecule has 1 heterocycles. The van der Waals surface area contributed by atoms with Crippen molar-refractivity contribution in [3.05, 3.63) is 11.9 Å². The maximum atomic E-state index is 11.7. The normalized spacial score (nSPS) is 11.4. The zero-order valence-electron chi connectivity index (χ0n) is 9.69. The molecule has 1 rings (SSSR count). The fourth-order valence-electron chi connectivity index (χ4n) is 1.23. The molecule has 0 unspecified atom stereocenters. The summed E-state index contributed by atoms with van der Waals surface area (Å²) < 4.78 is 30.3. The lowest BCUT2D eigenvalue weighted by Gasteiger charge is -2.04. The number of nitrogens with one attached hydrogen (secondary N) is 2. The van der Waals surface area contributed by atoms with E-state index in [4.69, 9.17) is 0 Å². The lowest BCUT2D eigenvalue weighted by atomic mass is 10.3. The average Bonchev–Trinajstić information content (AvgIpc) is 2.71. The molecule has 0 aromatic carbocycles. The molecule has 0 bridgehead atoms. The lowest BCUT2D eigenvalue weighted by Crippen LogP contribution is -2.25. The first-order chi connectivity index (χ1) is 7.97. The number of sulfonamides is 1. The van der Waals surface area contributed by atoms with Gasteiger partial charge in [0.25, 0.3) is 0 Å². The molecule has 0 aliphatic carbocycles. The highest BCUT2D eigenvalue weighted by Crippen LogP contribution is 2.10. The van der Waals surface area contributed by atoms with Gasteiger partial charge in [-0.25, -0.2) is 13.1 Å². The van der Waals surface area contributed by atoms with Gasteiger partial charge in [0.05, 0.1) is 19.0 Å². The first-order valence-corrected chi connectivity index (χ1v) is 6.52. The fourth-order valence-corrected chi connectivity index (χ4v) is 2.44. The van der Waals surface area contributed by atoms with Crippen LogP contribution in [0.2, 0.25) is 0 Å². The van der Waals surface area contributed by atoms with Crippen LogP contribution >= 0.6 is 0 Å². The summed E-state index contributed by atoms with van der Waals surface area (Å²) in [6.45, 7) is 1.80. The Labute approximate surface area is 99.6 Å². The van der Waals surface area contributed by atoms with Gasteiger partial charge >= 0.3 is 5.97 Å². The Kier molecular flexibility index (Phi) is 4.64. The molecule has 8 heteroatoms. The second-order valence-electron chi connectivity index (χ2n) is 3.44. The van der Waals surface area contributed by atoms with Gasteiger partial charge in [-0.1, -0.05) is 0 Å². The molecule has 0 saturated carbocycles. The van der Waals surface area contributed by atoms with Crippen molar-refractivity contribution in [1.82, 2.24) is 14.9 Å². The summed E-state index contributed by atoms with van der Waals surface area (Å²) in [5, 5.41) is 6.19. The standard InChI is InChI=1S/C9H15N3O4S/c1-7-8(6-10-12-7)17(14,15)11-5-3-4-9(13)16-2/h6,11H,3-5H2,1-2H3,(H,10,12). The number of nitrogens with zero attached hydrogens (tertiary/aromatic N) is 1. The number of H-pyrrole nitrogens is 1. The van der Waals surface area contributed by atoms with Gasteiger partial charge in [0, 0.05) is 13.0 Å². The van der Waals surface area contributed by atoms with Crippen LogP contribution in [0.3, 0.4) is 0 Å². The van der Waals surface area contributed by atoms with Crippen molar-refractivity contribution in [2.45, 2.75) is 24.7 Å². The molecule has 0 saturated heterocycles. The van der Waals surface area contributed by atoms with Gasteiger partial charge in [0.1, 0.15) is 4.90 Å². The molecule has 1 aromatic rings. The van der Waals surface area contributed by atoms with Gasteiger partial charge in [-0.05, 0) is 13.3 Å². The largest absolute Gasteiger partial charge is 0.469 e. The Hall–Kier alpha value is -1.41. The fraction of sp³-hybridized carbons (Fsp3) is 0.556. The Bertz CT molecular complexity index is 480. The Morgan fingerprint density at radius 1 is 1.59 bits per heavy atom. The SMILES string of the molecule is COC(=O)CCCNS(=O)(=O)c1cn[nH]c1C. The Morgan fingerprint density at radius 3 is 2.82 bits per heavy atom. The molecule has 17 heavy (non-hydrogen) atoms. The van der Waals surface area contributed by atoms with Gasteiger partial charge < -0.3 is 4.74 Å². The minimum Gasteiger partial charge on any atom is -0.469 e. The van der Waals surface area contributed by atoms with E-state index in [1.165, 1.54) is 13.3 Å². The maximum Gasteiger partial charge on any atom is 0.305 e. The molecule has 2 N–H and O–H groups in total. The molecular weight excluding hydrogens is 246 g/mol. The molecular formula is C9H15N3O4S. The molecule has 0 aliphatic rings. The summed E-state index contributed by atoms with van der Waals surface area (Å²) in [6.07, 6.45) is 1.82. The van der Waals surface area contributed by atoms with Gasteiger partial charge in [0.2, 0.25) is 10.0 Å². The quantitative estimate of drug-likeness (QED) is 0.552. The number of ether oxygens (including phenoxy) is 1. The van der Waals surface area contributed by atoms with E-state index in [0.29, 0.717) is 12.1 Å². The molecule has 0 spiro atoms. The number of aryl methyl sites for hydroxylation is 1. The van der Waals surface area contributed by atoms with Crippen LogP contribution < -0.4 is 4.72 Å². The van der Waals surface area contributed by atoms with E-state index in [2.05, 4.69) is 19.7 Å². The van der Waals surface area contributed by atoms with E-state index in [0.717, 1.165) is 0 Å². The number of hydrogen-bond donors (Lipinski definition) is 2. The monoisotopic (exact) mass is 261 g/mol. The number of carbonyl (C=O) groups excluding carboxylic acids is 1. The van der Waals surface area contributed by atoms with Crippen LogP contribution in [-0.4, -0.2) is 38.2 Å². The van der Waals surface area contributed by atoms with Crippen LogP contribution in [0.25, 0.3) is 0 Å². The smallest absolute Gasteiger partial charge is 0.305 e. The first kappa shape index (κ1) is 13.7. The number of carbonyl (C=O) groups is 1. The molecule has 0 atom stereocenters. The van der Waals surface area contributed by atoms with E-state index in [1.54, 1.807) is 6.92 Å². The summed E-state index contributed by atoms with van der Waals surface area (Å²) in [7, 11) is -2.26. The molecule has 96 valence electrons. The third kappa shape index (κ3) is 3.82. The minimum atomic E-state index is -3.55. The van der Waals surface area contributed by atoms with Crippen LogP contribution in [-0.2, 0) is 19.6 Å².